The molecule has 0 spiro atoms. The van der Waals surface area contributed by atoms with Crippen LogP contribution in [0, 0.1) is 18.3 Å². The number of hydrogen-bond acceptors (Lipinski definition) is 4. The van der Waals surface area contributed by atoms with Crippen molar-refractivity contribution in [1.29, 1.82) is 5.26 Å². The van der Waals surface area contributed by atoms with Crippen LogP contribution >= 0.6 is 23.2 Å². The van der Waals surface area contributed by atoms with Gasteiger partial charge in [-0.05, 0) is 55.0 Å². The van der Waals surface area contributed by atoms with Crippen molar-refractivity contribution < 1.29 is 19.1 Å². The van der Waals surface area contributed by atoms with Gasteiger partial charge >= 0.3 is 5.97 Å². The molecular formula is C22H14Cl2N2O4. The smallest absolute Gasteiger partial charge is 0.335 e. The maximum atomic E-state index is 12.4. The van der Waals surface area contributed by atoms with Crippen molar-refractivity contribution >= 4 is 46.8 Å². The van der Waals surface area contributed by atoms with Gasteiger partial charge < -0.3 is 14.8 Å². The van der Waals surface area contributed by atoms with Gasteiger partial charge in [0.15, 0.2) is 0 Å². The van der Waals surface area contributed by atoms with E-state index < -0.39 is 11.9 Å². The Balaban J connectivity index is 1.84. The van der Waals surface area contributed by atoms with Crippen molar-refractivity contribution in [2.45, 2.75) is 6.92 Å². The van der Waals surface area contributed by atoms with E-state index in [0.29, 0.717) is 27.8 Å². The van der Waals surface area contributed by atoms with E-state index in [0.717, 1.165) is 5.56 Å². The van der Waals surface area contributed by atoms with Crippen molar-refractivity contribution in [3.05, 3.63) is 81.0 Å². The first-order valence-electron chi connectivity index (χ1n) is 8.61. The Morgan fingerprint density at radius 1 is 1.13 bits per heavy atom. The molecule has 1 amide bonds. The maximum Gasteiger partial charge on any atom is 0.335 e. The average molecular weight is 441 g/mol. The van der Waals surface area contributed by atoms with E-state index in [9.17, 15) is 14.9 Å². The third-order valence-corrected chi connectivity index (χ3v) is 4.74. The molecule has 0 fully saturated rings. The highest BCUT2D eigenvalue weighted by molar-refractivity contribution is 6.36. The molecule has 0 unspecified atom stereocenters. The van der Waals surface area contributed by atoms with Crippen LogP contribution in [0.1, 0.15) is 21.7 Å². The van der Waals surface area contributed by atoms with Gasteiger partial charge in [-0.1, -0.05) is 29.3 Å². The number of benzene rings is 2. The molecule has 1 aromatic heterocycles. The molecule has 0 aliphatic heterocycles. The lowest BCUT2D eigenvalue weighted by atomic mass is 10.0. The lowest BCUT2D eigenvalue weighted by molar-refractivity contribution is -0.112. The van der Waals surface area contributed by atoms with Gasteiger partial charge in [-0.15, -0.1) is 0 Å². The topological polar surface area (TPSA) is 103 Å². The standard InChI is InChI=1S/C22H14Cl2N2O4/c1-12-8-13(22(28)29)2-5-17(12)20-7-4-16(30-20)9-14(11-25)21(27)26-19-6-3-15(23)10-18(19)24/h2-10H,1H3,(H,26,27)(H,28,29)/b14-9-. The number of carboxylic acid groups (broad SMARTS) is 1. The third kappa shape index (κ3) is 4.71. The maximum absolute atomic E-state index is 12.4. The summed E-state index contributed by atoms with van der Waals surface area (Å²) in [6.45, 7) is 1.77. The highest BCUT2D eigenvalue weighted by Gasteiger charge is 2.14. The number of anilines is 1. The second-order valence-electron chi connectivity index (χ2n) is 6.28. The third-order valence-electron chi connectivity index (χ3n) is 4.20. The molecule has 0 bridgehead atoms. The summed E-state index contributed by atoms with van der Waals surface area (Å²) < 4.78 is 5.72. The molecule has 150 valence electrons. The van der Waals surface area contributed by atoms with E-state index >= 15 is 0 Å². The zero-order valence-corrected chi connectivity index (χ0v) is 17.1. The number of aromatic carboxylic acids is 1. The summed E-state index contributed by atoms with van der Waals surface area (Å²) in [6, 6.07) is 14.4. The predicted molar refractivity (Wildman–Crippen MR) is 115 cm³/mol. The van der Waals surface area contributed by atoms with Gasteiger partial charge in [-0.3, -0.25) is 4.79 Å². The fraction of sp³-hybridized carbons (Fsp3) is 0.0455. The lowest BCUT2D eigenvalue weighted by Gasteiger charge is -2.06. The largest absolute Gasteiger partial charge is 0.478 e. The first-order chi connectivity index (χ1) is 14.3. The van der Waals surface area contributed by atoms with Crippen LogP contribution in [-0.2, 0) is 4.79 Å². The van der Waals surface area contributed by atoms with Crippen molar-refractivity contribution in [1.82, 2.24) is 0 Å². The second kappa shape index (κ2) is 8.87. The molecule has 0 radical (unpaired) electrons. The van der Waals surface area contributed by atoms with Crippen LogP contribution in [0.5, 0.6) is 0 Å². The number of nitrogens with one attached hydrogen (secondary N) is 1. The summed E-state index contributed by atoms with van der Waals surface area (Å²) in [4.78, 5) is 23.5. The molecule has 0 aliphatic carbocycles. The number of rotatable bonds is 5. The highest BCUT2D eigenvalue weighted by atomic mass is 35.5. The normalized spacial score (nSPS) is 11.1. The van der Waals surface area contributed by atoms with E-state index in [2.05, 4.69) is 5.32 Å². The van der Waals surface area contributed by atoms with Crippen LogP contribution in [0.15, 0.2) is 58.5 Å². The van der Waals surface area contributed by atoms with E-state index in [-0.39, 0.29) is 16.2 Å². The summed E-state index contributed by atoms with van der Waals surface area (Å²) in [7, 11) is 0. The minimum Gasteiger partial charge on any atom is -0.478 e. The Morgan fingerprint density at radius 2 is 1.90 bits per heavy atom. The van der Waals surface area contributed by atoms with Crippen molar-refractivity contribution in [2.24, 2.45) is 0 Å². The van der Waals surface area contributed by atoms with Crippen LogP contribution in [-0.4, -0.2) is 17.0 Å². The minimum absolute atomic E-state index is 0.173. The predicted octanol–water partition coefficient (Wildman–Crippen LogP) is 5.81. The van der Waals surface area contributed by atoms with E-state index in [1.165, 1.54) is 24.3 Å². The molecule has 3 rings (SSSR count). The first kappa shape index (κ1) is 21.2. The number of nitriles is 1. The fourth-order valence-corrected chi connectivity index (χ4v) is 3.18. The van der Waals surface area contributed by atoms with Gasteiger partial charge in [0.1, 0.15) is 23.2 Å². The van der Waals surface area contributed by atoms with Crippen molar-refractivity contribution in [3.8, 4) is 17.4 Å². The fourth-order valence-electron chi connectivity index (χ4n) is 2.72. The minimum atomic E-state index is -1.02. The lowest BCUT2D eigenvalue weighted by Crippen LogP contribution is -2.13. The number of nitrogens with zero attached hydrogens (tertiary/aromatic N) is 1. The van der Waals surface area contributed by atoms with E-state index in [1.54, 1.807) is 37.3 Å². The van der Waals surface area contributed by atoms with Gasteiger partial charge in [0.05, 0.1) is 16.3 Å². The monoisotopic (exact) mass is 440 g/mol. The summed E-state index contributed by atoms with van der Waals surface area (Å²) in [5.74, 6) is -0.894. The Kier molecular flexibility index (Phi) is 6.26. The molecule has 0 saturated carbocycles. The van der Waals surface area contributed by atoms with Crippen molar-refractivity contribution in [3.63, 3.8) is 0 Å². The van der Waals surface area contributed by atoms with Crippen LogP contribution in [0.2, 0.25) is 10.0 Å². The Bertz CT molecular complexity index is 1220. The number of amides is 1. The van der Waals surface area contributed by atoms with E-state index in [1.807, 2.05) is 6.07 Å². The summed E-state index contributed by atoms with van der Waals surface area (Å²) in [5, 5.41) is 21.7. The molecule has 8 heteroatoms. The molecule has 6 nitrogen and oxygen atoms in total. The van der Waals surface area contributed by atoms with E-state index in [4.69, 9.17) is 32.7 Å². The zero-order chi connectivity index (χ0) is 21.8. The van der Waals surface area contributed by atoms with Gasteiger partial charge in [0, 0.05) is 16.7 Å². The molecule has 1 heterocycles. The molecule has 2 aromatic carbocycles. The number of hydrogen-bond donors (Lipinski definition) is 2. The average Bonchev–Trinajstić information content (AvgIpc) is 3.16. The van der Waals surface area contributed by atoms with Crippen LogP contribution in [0.25, 0.3) is 17.4 Å². The summed E-state index contributed by atoms with van der Waals surface area (Å²) >= 11 is 11.9. The number of carbonyl (C=O) groups excluding carboxylic acids is 1. The van der Waals surface area contributed by atoms with Crippen LogP contribution < -0.4 is 5.32 Å². The first-order valence-corrected chi connectivity index (χ1v) is 9.36. The molecule has 0 saturated heterocycles. The number of carbonyl (C=O) groups is 2. The van der Waals surface area contributed by atoms with Gasteiger partial charge in [0.25, 0.3) is 5.91 Å². The Labute approximate surface area is 182 Å². The number of carboxylic acids is 1. The summed E-state index contributed by atoms with van der Waals surface area (Å²) in [6.07, 6.45) is 1.31. The molecule has 3 aromatic rings. The van der Waals surface area contributed by atoms with Crippen LogP contribution in [0.4, 0.5) is 5.69 Å². The molecular weight excluding hydrogens is 427 g/mol. The van der Waals surface area contributed by atoms with Crippen molar-refractivity contribution in [2.75, 3.05) is 5.32 Å². The Hall–Kier alpha value is -3.53. The molecule has 2 N–H and O–H groups in total. The highest BCUT2D eigenvalue weighted by Crippen LogP contribution is 2.28. The Morgan fingerprint density at radius 3 is 2.53 bits per heavy atom. The molecule has 0 aliphatic rings. The number of furan rings is 1. The number of halogens is 2. The SMILES string of the molecule is Cc1cc(C(=O)O)ccc1-c1ccc(/C=C(/C#N)C(=O)Nc2ccc(Cl)cc2Cl)o1. The van der Waals surface area contributed by atoms with Gasteiger partial charge in [-0.25, -0.2) is 4.79 Å². The van der Waals surface area contributed by atoms with Crippen LogP contribution in [0.3, 0.4) is 0 Å². The van der Waals surface area contributed by atoms with Gasteiger partial charge in [-0.2, -0.15) is 5.26 Å². The zero-order valence-electron chi connectivity index (χ0n) is 15.6. The quantitative estimate of drug-likeness (QED) is 0.385. The van der Waals surface area contributed by atoms with Gasteiger partial charge in [0.2, 0.25) is 0 Å². The second-order valence-corrected chi connectivity index (χ2v) is 7.13. The molecule has 30 heavy (non-hydrogen) atoms. The summed E-state index contributed by atoms with van der Waals surface area (Å²) in [5.41, 5.74) is 1.74. The molecule has 0 atom stereocenters. The number of aryl methyl sites for hydroxylation is 1.